The largest absolute Gasteiger partial charge is 0.478 e. The van der Waals surface area contributed by atoms with Crippen molar-refractivity contribution in [2.24, 2.45) is 0 Å². The molecule has 4 aromatic rings. The molecule has 2 heterocycles. The number of carboxylic acids is 2. The lowest BCUT2D eigenvalue weighted by Gasteiger charge is -2.18. The van der Waals surface area contributed by atoms with Crippen molar-refractivity contribution in [3.8, 4) is 44.9 Å². The lowest BCUT2D eigenvalue weighted by atomic mass is 9.89. The third kappa shape index (κ3) is 18.1. The number of carbonyl (C=O) groups excluding carboxylic acids is 2. The molecule has 0 aromatic heterocycles. The third-order valence-electron chi connectivity index (χ3n) is 13.2. The van der Waals surface area contributed by atoms with Crippen molar-refractivity contribution in [1.29, 1.82) is 10.8 Å². The van der Waals surface area contributed by atoms with Gasteiger partial charge in [0.15, 0.2) is 0 Å². The van der Waals surface area contributed by atoms with Gasteiger partial charge in [-0.3, -0.25) is 9.59 Å². The van der Waals surface area contributed by atoms with Gasteiger partial charge in [-0.25, -0.2) is 9.59 Å². The molecule has 0 bridgehead atoms. The third-order valence-corrected chi connectivity index (χ3v) is 13.7. The number of nitrogens with one attached hydrogen (secondary N) is 4. The molecule has 2 aliphatic carbocycles. The van der Waals surface area contributed by atoms with E-state index >= 15 is 0 Å². The number of hydrogen-bond acceptors (Lipinski definition) is 14. The molecule has 0 fully saturated rings. The van der Waals surface area contributed by atoms with E-state index in [2.05, 4.69) is 10.6 Å². The molecule has 8 rings (SSSR count). The van der Waals surface area contributed by atoms with Crippen LogP contribution >= 0.6 is 23.2 Å². The summed E-state index contributed by atoms with van der Waals surface area (Å²) in [6, 6.07) is 29.1. The second kappa shape index (κ2) is 32.7. The van der Waals surface area contributed by atoms with E-state index in [1.165, 1.54) is 18.2 Å². The number of halogens is 2. The highest BCUT2D eigenvalue weighted by atomic mass is 35.5. The predicted octanol–water partition coefficient (Wildman–Crippen LogP) is 11.7. The Hall–Kier alpha value is -7.84. The molecule has 0 radical (unpaired) electrons. The average Bonchev–Trinajstić information content (AvgIpc) is 3.31. The monoisotopic (exact) mass is 1170 g/mol. The summed E-state index contributed by atoms with van der Waals surface area (Å²) in [5.74, 6) is -0.837. The number of nitrogen functional groups attached to an aromatic ring is 2. The number of anilines is 2. The zero-order valence-corrected chi connectivity index (χ0v) is 46.9. The van der Waals surface area contributed by atoms with Crippen molar-refractivity contribution in [2.45, 2.75) is 58.8 Å². The molecule has 4 aromatic carbocycles. The molecule has 0 saturated carbocycles. The van der Waals surface area contributed by atoms with Gasteiger partial charge in [0.2, 0.25) is 0 Å². The fourth-order valence-corrected chi connectivity index (χ4v) is 9.56. The van der Waals surface area contributed by atoms with Crippen LogP contribution in [0.5, 0.6) is 0 Å². The van der Waals surface area contributed by atoms with Crippen molar-refractivity contribution < 1.29 is 57.2 Å². The second-order valence-corrected chi connectivity index (χ2v) is 19.9. The minimum absolute atomic E-state index is 0. The fourth-order valence-electron chi connectivity index (χ4n) is 9.18. The van der Waals surface area contributed by atoms with Gasteiger partial charge in [-0.1, -0.05) is 39.2 Å². The first-order valence-corrected chi connectivity index (χ1v) is 28.2. The van der Waals surface area contributed by atoms with Crippen LogP contribution in [0.3, 0.4) is 0 Å². The van der Waals surface area contributed by atoms with Crippen molar-refractivity contribution in [2.75, 3.05) is 89.2 Å². The smallest absolute Gasteiger partial charge is 0.336 e. The molecule has 440 valence electrons. The summed E-state index contributed by atoms with van der Waals surface area (Å²) in [6.45, 7) is 4.39. The van der Waals surface area contributed by atoms with Gasteiger partial charge in [0.1, 0.15) is 22.7 Å². The van der Waals surface area contributed by atoms with E-state index in [0.717, 1.165) is 51.4 Å². The zero-order valence-electron chi connectivity index (χ0n) is 45.4. The number of unbranched alkanes of at least 4 members (excludes halogenated alkanes) is 6. The van der Waals surface area contributed by atoms with E-state index in [9.17, 15) is 29.4 Å². The van der Waals surface area contributed by atoms with Crippen LogP contribution < -0.4 is 32.8 Å². The molecule has 0 spiro atoms. The minimum atomic E-state index is -1.17. The predicted molar refractivity (Wildman–Crippen MR) is 324 cm³/mol. The van der Waals surface area contributed by atoms with E-state index in [4.69, 9.17) is 73.3 Å². The Morgan fingerprint density at radius 1 is 0.458 bits per heavy atom. The molecular formula is C63H72Cl2N6O12. The lowest BCUT2D eigenvalue weighted by molar-refractivity contribution is 0.0468. The topological polar surface area (TPSA) is 296 Å². The van der Waals surface area contributed by atoms with Gasteiger partial charge in [0.25, 0.3) is 11.8 Å². The van der Waals surface area contributed by atoms with E-state index in [-0.39, 0.29) is 53.8 Å². The molecule has 83 heavy (non-hydrogen) atoms. The number of carboxylic acid groups (broad SMARTS) is 2. The molecule has 2 amide bonds. The lowest BCUT2D eigenvalue weighted by Crippen LogP contribution is -2.28. The molecule has 18 nitrogen and oxygen atoms in total. The first-order valence-electron chi connectivity index (χ1n) is 27.1. The molecule has 20 heteroatoms. The SMILES string of the molecule is C.N=c1ccc2c(-c3cc(C(=O)NCCOCCOCCCCCCCl)ccc3C(=O)O)c3ccc(N)cc3oc-2c1.N=c1ccc2c(-c3ccc(C(=O)NCCOCCOCCCCCCCl)cc3C(=O)O)c3ccc(N)cc3oc-2c1. The number of benzene rings is 6. The number of rotatable bonds is 30. The van der Waals surface area contributed by atoms with Gasteiger partial charge < -0.3 is 70.9 Å². The summed E-state index contributed by atoms with van der Waals surface area (Å²) in [7, 11) is 0. The Morgan fingerprint density at radius 2 is 0.880 bits per heavy atom. The standard InChI is InChI=1S/2C31H34ClN3O6.CH4/c32-11-3-1-2-4-13-39-15-16-40-14-12-35-30(36)20-5-8-23(31(37)38)26(17-20)29-24-9-6-21(33)18-27(24)41-28-19-22(34)7-10-25(28)29;32-11-3-1-2-4-13-39-15-16-40-14-12-35-30(36)20-5-8-23(26(17-20)31(37)38)29-24-9-6-21(33)18-27(24)41-28-19-22(34)7-10-25(28)29;/h2*5-10,17-19,33H,1-4,11-16,34H2,(H,35,36)(H,37,38);1H4. The van der Waals surface area contributed by atoms with Crippen LogP contribution in [0.1, 0.15) is 100 Å². The highest BCUT2D eigenvalue weighted by molar-refractivity contribution is 6.18. The molecule has 2 aliphatic heterocycles. The highest BCUT2D eigenvalue weighted by Crippen LogP contribution is 2.43. The van der Waals surface area contributed by atoms with Crippen LogP contribution in [0.2, 0.25) is 0 Å². The maximum Gasteiger partial charge on any atom is 0.336 e. The molecule has 0 unspecified atom stereocenters. The summed E-state index contributed by atoms with van der Waals surface area (Å²) in [5, 5.41) is 43.5. The van der Waals surface area contributed by atoms with Crippen LogP contribution in [0.25, 0.3) is 66.8 Å². The number of amides is 2. The van der Waals surface area contributed by atoms with E-state index in [1.807, 2.05) is 0 Å². The molecular weight excluding hydrogens is 1100 g/mol. The Bertz CT molecular complexity index is 3530. The molecule has 4 aliphatic rings. The number of carbonyl (C=O) groups is 4. The van der Waals surface area contributed by atoms with Crippen LogP contribution in [-0.4, -0.2) is 112 Å². The Balaban J connectivity index is 0.000000263. The number of fused-ring (bicyclic) bond motifs is 4. The number of hydrogen-bond donors (Lipinski definition) is 8. The summed E-state index contributed by atoms with van der Waals surface area (Å²) >= 11 is 11.3. The minimum Gasteiger partial charge on any atom is -0.478 e. The van der Waals surface area contributed by atoms with Crippen LogP contribution in [0.15, 0.2) is 118 Å². The number of aromatic carboxylic acids is 2. The molecule has 0 atom stereocenters. The summed E-state index contributed by atoms with van der Waals surface area (Å²) in [5.41, 5.74) is 17.6. The quantitative estimate of drug-likeness (QED) is 0.00899. The van der Waals surface area contributed by atoms with Crippen molar-refractivity contribution in [1.82, 2.24) is 10.6 Å². The average molecular weight is 1180 g/mol. The number of nitrogens with two attached hydrogens (primary N) is 2. The van der Waals surface area contributed by atoms with Gasteiger partial charge in [-0.15, -0.1) is 23.2 Å². The second-order valence-electron chi connectivity index (χ2n) is 19.2. The Labute approximate surface area is 491 Å². The van der Waals surface area contributed by atoms with E-state index in [1.54, 1.807) is 91.0 Å². The maximum atomic E-state index is 13.0. The van der Waals surface area contributed by atoms with Gasteiger partial charge in [0.05, 0.1) is 61.5 Å². The Morgan fingerprint density at radius 3 is 1.35 bits per heavy atom. The van der Waals surface area contributed by atoms with E-state index < -0.39 is 17.8 Å². The van der Waals surface area contributed by atoms with E-state index in [0.29, 0.717) is 148 Å². The molecule has 10 N–H and O–H groups in total. The van der Waals surface area contributed by atoms with Crippen molar-refractivity contribution in [3.05, 3.63) is 142 Å². The van der Waals surface area contributed by atoms with Gasteiger partial charge in [-0.05, 0) is 116 Å². The van der Waals surface area contributed by atoms with Crippen molar-refractivity contribution >= 4 is 80.3 Å². The molecule has 0 saturated heterocycles. The van der Waals surface area contributed by atoms with Gasteiger partial charge in [-0.2, -0.15) is 0 Å². The summed E-state index contributed by atoms with van der Waals surface area (Å²) in [4.78, 5) is 50.4. The number of alkyl halides is 2. The first kappa shape index (κ1) is 64.3. The summed E-state index contributed by atoms with van der Waals surface area (Å²) in [6.07, 6.45) is 8.47. The highest BCUT2D eigenvalue weighted by Gasteiger charge is 2.25. The van der Waals surface area contributed by atoms with Gasteiger partial charge in [0, 0.05) is 118 Å². The number of ether oxygens (including phenoxy) is 4. The van der Waals surface area contributed by atoms with Crippen LogP contribution in [-0.2, 0) is 18.9 Å². The normalized spacial score (nSPS) is 11.1. The van der Waals surface area contributed by atoms with Crippen LogP contribution in [0, 0.1) is 10.8 Å². The summed E-state index contributed by atoms with van der Waals surface area (Å²) < 4.78 is 34.2. The first-order chi connectivity index (χ1) is 39.8. The van der Waals surface area contributed by atoms with Crippen LogP contribution in [0.4, 0.5) is 11.4 Å². The fraction of sp³-hybridized carbons (Fsp3) is 0.333. The Kier molecular flexibility index (Phi) is 25.4. The zero-order chi connectivity index (χ0) is 58.4. The van der Waals surface area contributed by atoms with Crippen molar-refractivity contribution in [3.63, 3.8) is 0 Å². The maximum absolute atomic E-state index is 13.0. The van der Waals surface area contributed by atoms with Gasteiger partial charge >= 0.3 is 11.9 Å².